The lowest BCUT2D eigenvalue weighted by Gasteiger charge is -2.13. The quantitative estimate of drug-likeness (QED) is 0.890. The van der Waals surface area contributed by atoms with Crippen LogP contribution in [0.2, 0.25) is 0 Å². The van der Waals surface area contributed by atoms with Crippen LogP contribution in [0.25, 0.3) is 0 Å². The molecule has 3 rings (SSSR count). The second kappa shape index (κ2) is 6.22. The van der Waals surface area contributed by atoms with Crippen LogP contribution in [0.1, 0.15) is 34.9 Å². The molecule has 0 saturated heterocycles. The maximum absolute atomic E-state index is 12.2. The largest absolute Gasteiger partial charge is 0.378 e. The van der Waals surface area contributed by atoms with Gasteiger partial charge in [0.25, 0.3) is 5.91 Å². The number of carbonyl (C=O) groups excluding carboxylic acids is 1. The number of nitrogens with one attached hydrogen (secondary N) is 1. The monoisotopic (exact) mass is 298 g/mol. The fraction of sp³-hybridized carbons (Fsp3) is 0.412. The Labute approximate surface area is 131 Å². The summed E-state index contributed by atoms with van der Waals surface area (Å²) in [7, 11) is 3.94. The van der Waals surface area contributed by atoms with Crippen molar-refractivity contribution in [1.82, 2.24) is 14.9 Å². The Morgan fingerprint density at radius 2 is 2.23 bits per heavy atom. The van der Waals surface area contributed by atoms with Gasteiger partial charge in [-0.1, -0.05) is 6.07 Å². The minimum Gasteiger partial charge on any atom is -0.378 e. The number of nitrogens with zero attached hydrogens (tertiary/aromatic N) is 3. The highest BCUT2D eigenvalue weighted by molar-refractivity contribution is 5.95. The molecule has 1 N–H and O–H groups in total. The predicted molar refractivity (Wildman–Crippen MR) is 87.3 cm³/mol. The van der Waals surface area contributed by atoms with E-state index < -0.39 is 0 Å². The van der Waals surface area contributed by atoms with E-state index in [1.807, 2.05) is 55.7 Å². The lowest BCUT2D eigenvalue weighted by molar-refractivity contribution is 0.0952. The molecule has 2 aromatic rings. The third-order valence-corrected chi connectivity index (χ3v) is 3.95. The summed E-state index contributed by atoms with van der Waals surface area (Å²) in [5, 5.41) is 2.98. The zero-order chi connectivity index (χ0) is 15.5. The normalized spacial score (nSPS) is 13.9. The Bertz CT molecular complexity index is 658. The summed E-state index contributed by atoms with van der Waals surface area (Å²) in [6.07, 6.45) is 6.31. The summed E-state index contributed by atoms with van der Waals surface area (Å²) in [4.78, 5) is 18.6. The average Bonchev–Trinajstić information content (AvgIpc) is 3.26. The maximum atomic E-state index is 12.2. The fourth-order valence-corrected chi connectivity index (χ4v) is 2.53. The van der Waals surface area contributed by atoms with E-state index in [9.17, 15) is 4.79 Å². The van der Waals surface area contributed by atoms with Crippen LogP contribution < -0.4 is 10.2 Å². The standard InChI is InChI=1S/C17H22N4O/c1-20(2)15-5-3-4-14(12-15)17(22)19-9-11-21-10-8-18-16(21)13-6-7-13/h3-5,8,10,12-13H,6-7,9,11H2,1-2H3,(H,19,22). The number of hydrogen-bond donors (Lipinski definition) is 1. The second-order valence-electron chi connectivity index (χ2n) is 5.95. The van der Waals surface area contributed by atoms with Crippen molar-refractivity contribution in [3.63, 3.8) is 0 Å². The third-order valence-electron chi connectivity index (χ3n) is 3.95. The molecule has 22 heavy (non-hydrogen) atoms. The van der Waals surface area contributed by atoms with Crippen LogP contribution >= 0.6 is 0 Å². The van der Waals surface area contributed by atoms with Gasteiger partial charge < -0.3 is 14.8 Å². The van der Waals surface area contributed by atoms with Crippen LogP contribution in [0.5, 0.6) is 0 Å². The van der Waals surface area contributed by atoms with E-state index in [1.54, 1.807) is 0 Å². The smallest absolute Gasteiger partial charge is 0.251 e. The third kappa shape index (κ3) is 3.30. The Kier molecular flexibility index (Phi) is 4.13. The number of rotatable bonds is 6. The minimum absolute atomic E-state index is 0.0308. The maximum Gasteiger partial charge on any atom is 0.251 e. The molecule has 0 atom stereocenters. The summed E-state index contributed by atoms with van der Waals surface area (Å²) >= 11 is 0. The molecule has 0 aliphatic heterocycles. The van der Waals surface area contributed by atoms with Gasteiger partial charge in [-0.3, -0.25) is 4.79 Å². The topological polar surface area (TPSA) is 50.2 Å². The van der Waals surface area contributed by atoms with Gasteiger partial charge in [0, 0.05) is 56.7 Å². The lowest BCUT2D eigenvalue weighted by atomic mass is 10.2. The molecule has 0 radical (unpaired) electrons. The molecule has 1 aromatic carbocycles. The zero-order valence-electron chi connectivity index (χ0n) is 13.1. The van der Waals surface area contributed by atoms with E-state index in [1.165, 1.54) is 12.8 Å². The van der Waals surface area contributed by atoms with Gasteiger partial charge in [-0.05, 0) is 31.0 Å². The van der Waals surface area contributed by atoms with E-state index in [0.717, 1.165) is 18.1 Å². The second-order valence-corrected chi connectivity index (χ2v) is 5.95. The summed E-state index contributed by atoms with van der Waals surface area (Å²) in [6, 6.07) is 7.65. The van der Waals surface area contributed by atoms with Gasteiger partial charge in [0.2, 0.25) is 0 Å². The number of hydrogen-bond acceptors (Lipinski definition) is 3. The minimum atomic E-state index is -0.0308. The van der Waals surface area contributed by atoms with Crippen LogP contribution in [0.15, 0.2) is 36.7 Å². The van der Waals surface area contributed by atoms with Gasteiger partial charge in [0.1, 0.15) is 5.82 Å². The number of benzene rings is 1. The molecule has 0 unspecified atom stereocenters. The van der Waals surface area contributed by atoms with Gasteiger partial charge >= 0.3 is 0 Å². The summed E-state index contributed by atoms with van der Waals surface area (Å²) in [5.41, 5.74) is 1.72. The highest BCUT2D eigenvalue weighted by Gasteiger charge is 2.27. The number of anilines is 1. The Morgan fingerprint density at radius 3 is 2.95 bits per heavy atom. The molecule has 116 valence electrons. The van der Waals surface area contributed by atoms with Crippen molar-refractivity contribution in [3.8, 4) is 0 Å². The van der Waals surface area contributed by atoms with Gasteiger partial charge in [-0.15, -0.1) is 0 Å². The van der Waals surface area contributed by atoms with Crippen molar-refractivity contribution >= 4 is 11.6 Å². The average molecular weight is 298 g/mol. The molecule has 5 heteroatoms. The summed E-state index contributed by atoms with van der Waals surface area (Å²) < 4.78 is 2.15. The van der Waals surface area contributed by atoms with Gasteiger partial charge in [-0.2, -0.15) is 0 Å². The molecule has 1 amide bonds. The van der Waals surface area contributed by atoms with Crippen molar-refractivity contribution < 1.29 is 4.79 Å². The molecule has 5 nitrogen and oxygen atoms in total. The van der Waals surface area contributed by atoms with Crippen LogP contribution in [-0.2, 0) is 6.54 Å². The molecule has 1 aromatic heterocycles. The molecule has 1 fully saturated rings. The van der Waals surface area contributed by atoms with E-state index in [-0.39, 0.29) is 5.91 Å². The number of imidazole rings is 1. The number of carbonyl (C=O) groups is 1. The summed E-state index contributed by atoms with van der Waals surface area (Å²) in [5.74, 6) is 1.75. The summed E-state index contributed by atoms with van der Waals surface area (Å²) in [6.45, 7) is 1.38. The SMILES string of the molecule is CN(C)c1cccc(C(=O)NCCn2ccnc2C2CC2)c1. The van der Waals surface area contributed by atoms with Crippen LogP contribution in [0, 0.1) is 0 Å². The van der Waals surface area contributed by atoms with Crippen LogP contribution in [0.3, 0.4) is 0 Å². The van der Waals surface area contributed by atoms with Gasteiger partial charge in [0.05, 0.1) is 0 Å². The van der Waals surface area contributed by atoms with Crippen molar-refractivity contribution in [2.45, 2.75) is 25.3 Å². The fourth-order valence-electron chi connectivity index (χ4n) is 2.53. The van der Waals surface area contributed by atoms with Crippen molar-refractivity contribution in [2.75, 3.05) is 25.5 Å². The van der Waals surface area contributed by atoms with Crippen molar-refractivity contribution in [3.05, 3.63) is 48.0 Å². The highest BCUT2D eigenvalue weighted by Crippen LogP contribution is 2.38. The lowest BCUT2D eigenvalue weighted by Crippen LogP contribution is -2.27. The molecular formula is C17H22N4O. The first-order valence-electron chi connectivity index (χ1n) is 7.72. The van der Waals surface area contributed by atoms with E-state index in [2.05, 4.69) is 14.9 Å². The first-order valence-corrected chi connectivity index (χ1v) is 7.72. The molecule has 1 aliphatic carbocycles. The number of aromatic nitrogens is 2. The predicted octanol–water partition coefficient (Wildman–Crippen LogP) is 2.26. The first kappa shape index (κ1) is 14.6. The Morgan fingerprint density at radius 1 is 1.41 bits per heavy atom. The van der Waals surface area contributed by atoms with Crippen LogP contribution in [0.4, 0.5) is 5.69 Å². The van der Waals surface area contributed by atoms with Gasteiger partial charge in [0.15, 0.2) is 0 Å². The van der Waals surface area contributed by atoms with E-state index in [4.69, 9.17) is 0 Å². The van der Waals surface area contributed by atoms with Crippen molar-refractivity contribution in [2.24, 2.45) is 0 Å². The van der Waals surface area contributed by atoms with E-state index >= 15 is 0 Å². The molecule has 1 heterocycles. The molecule has 0 spiro atoms. The Balaban J connectivity index is 1.56. The van der Waals surface area contributed by atoms with Crippen molar-refractivity contribution in [1.29, 1.82) is 0 Å². The van der Waals surface area contributed by atoms with Gasteiger partial charge in [-0.25, -0.2) is 4.98 Å². The highest BCUT2D eigenvalue weighted by atomic mass is 16.1. The van der Waals surface area contributed by atoms with E-state index in [0.29, 0.717) is 18.0 Å². The zero-order valence-corrected chi connectivity index (χ0v) is 13.1. The first-order chi connectivity index (χ1) is 10.6. The Hall–Kier alpha value is -2.30. The molecule has 1 aliphatic rings. The number of amides is 1. The molecule has 1 saturated carbocycles. The molecule has 0 bridgehead atoms. The van der Waals surface area contributed by atoms with Crippen LogP contribution in [-0.4, -0.2) is 36.1 Å². The molecular weight excluding hydrogens is 276 g/mol.